The molecule has 1 unspecified atom stereocenters. The lowest BCUT2D eigenvalue weighted by molar-refractivity contribution is -0.122. The summed E-state index contributed by atoms with van der Waals surface area (Å²) in [5.74, 6) is 1.80. The first-order valence-electron chi connectivity index (χ1n) is 13.0. The van der Waals surface area contributed by atoms with E-state index in [1.807, 2.05) is 0 Å². The third-order valence-corrected chi connectivity index (χ3v) is 10.3. The summed E-state index contributed by atoms with van der Waals surface area (Å²) in [5, 5.41) is 2.97. The molecule has 5 atom stereocenters. The Hall–Kier alpha value is -1.44. The van der Waals surface area contributed by atoms with Crippen LogP contribution in [0.2, 0.25) is 0 Å². The van der Waals surface area contributed by atoms with Gasteiger partial charge in [-0.3, -0.25) is 14.6 Å². The maximum Gasteiger partial charge on any atom is 0.220 e. The van der Waals surface area contributed by atoms with Gasteiger partial charge in [0.1, 0.15) is 0 Å². The summed E-state index contributed by atoms with van der Waals surface area (Å²) in [6, 6.07) is 11.9. The summed E-state index contributed by atoms with van der Waals surface area (Å²) in [6.07, 6.45) is 8.25. The van der Waals surface area contributed by atoms with Gasteiger partial charge < -0.3 is 5.32 Å². The van der Waals surface area contributed by atoms with Gasteiger partial charge in [0, 0.05) is 37.6 Å². The second kappa shape index (κ2) is 10.0. The molecule has 4 aliphatic rings. The lowest BCUT2D eigenvalue weighted by atomic mass is 9.69. The first-order valence-corrected chi connectivity index (χ1v) is 14.8. The topological polar surface area (TPSA) is 69.7 Å². The van der Waals surface area contributed by atoms with Crippen LogP contribution in [-0.2, 0) is 21.2 Å². The van der Waals surface area contributed by atoms with Crippen molar-refractivity contribution in [3.8, 4) is 0 Å². The van der Waals surface area contributed by atoms with Crippen molar-refractivity contribution in [3.63, 3.8) is 0 Å². The van der Waals surface area contributed by atoms with Crippen molar-refractivity contribution in [3.05, 3.63) is 35.9 Å². The Morgan fingerprint density at radius 3 is 2.61 bits per heavy atom. The van der Waals surface area contributed by atoms with Gasteiger partial charge in [0.2, 0.25) is 5.91 Å². The Kier molecular flexibility index (Phi) is 7.09. The van der Waals surface area contributed by atoms with Crippen LogP contribution in [-0.4, -0.2) is 73.4 Å². The van der Waals surface area contributed by atoms with Gasteiger partial charge in [-0.05, 0) is 75.4 Å². The molecule has 182 valence electrons. The average molecular weight is 474 g/mol. The molecule has 6 nitrogen and oxygen atoms in total. The predicted molar refractivity (Wildman–Crippen MR) is 131 cm³/mol. The number of piperidine rings is 3. The van der Waals surface area contributed by atoms with Crippen LogP contribution >= 0.6 is 0 Å². The van der Waals surface area contributed by atoms with E-state index in [0.29, 0.717) is 24.8 Å². The minimum atomic E-state index is -2.96. The van der Waals surface area contributed by atoms with Crippen LogP contribution in [0.4, 0.5) is 0 Å². The van der Waals surface area contributed by atoms with E-state index in [1.165, 1.54) is 50.9 Å². The molecule has 0 saturated carbocycles. The minimum absolute atomic E-state index is 0.0170. The number of likely N-dealkylation sites (tertiary alicyclic amines) is 1. The van der Waals surface area contributed by atoms with E-state index >= 15 is 0 Å². The second-order valence-electron chi connectivity index (χ2n) is 10.8. The third-order valence-electron chi connectivity index (χ3n) is 8.51. The molecule has 1 aromatic carbocycles. The zero-order valence-electron chi connectivity index (χ0n) is 19.7. The van der Waals surface area contributed by atoms with E-state index in [1.54, 1.807) is 0 Å². The van der Waals surface area contributed by atoms with Crippen LogP contribution in [0.1, 0.15) is 56.9 Å². The van der Waals surface area contributed by atoms with Crippen molar-refractivity contribution >= 4 is 15.7 Å². The van der Waals surface area contributed by atoms with Gasteiger partial charge in [-0.15, -0.1) is 0 Å². The number of rotatable bonds is 7. The van der Waals surface area contributed by atoms with Crippen LogP contribution < -0.4 is 5.32 Å². The SMILES string of the molecule is O=C(CCC[C@@H]1[C@H]2CCCN3CCC[C@@H](CN1Cc1ccccc1)[C@@H]23)NC1CCS(=O)(=O)C1. The van der Waals surface area contributed by atoms with Crippen LogP contribution in [0.5, 0.6) is 0 Å². The molecule has 5 rings (SSSR count). The molecular formula is C26H39N3O3S. The molecule has 7 heteroatoms. The molecule has 0 bridgehead atoms. The van der Waals surface area contributed by atoms with Gasteiger partial charge in [-0.1, -0.05) is 30.3 Å². The molecule has 4 saturated heterocycles. The van der Waals surface area contributed by atoms with Gasteiger partial charge in [0.05, 0.1) is 11.5 Å². The highest BCUT2D eigenvalue weighted by Crippen LogP contribution is 2.43. The number of nitrogens with zero attached hydrogens (tertiary/aromatic N) is 2. The van der Waals surface area contributed by atoms with Crippen LogP contribution in [0.15, 0.2) is 30.3 Å². The molecule has 0 aromatic heterocycles. The first-order chi connectivity index (χ1) is 16.0. The number of amides is 1. The van der Waals surface area contributed by atoms with Gasteiger partial charge in [-0.25, -0.2) is 8.42 Å². The second-order valence-corrected chi connectivity index (χ2v) is 13.0. The highest BCUT2D eigenvalue weighted by molar-refractivity contribution is 7.91. The number of nitrogens with one attached hydrogen (secondary N) is 1. The zero-order chi connectivity index (χ0) is 22.8. The first kappa shape index (κ1) is 23.3. The Morgan fingerprint density at radius 1 is 1.06 bits per heavy atom. The smallest absolute Gasteiger partial charge is 0.220 e. The molecule has 4 heterocycles. The Morgan fingerprint density at radius 2 is 1.85 bits per heavy atom. The molecule has 1 N–H and O–H groups in total. The Bertz CT molecular complexity index is 920. The van der Waals surface area contributed by atoms with Crippen LogP contribution in [0.3, 0.4) is 0 Å². The van der Waals surface area contributed by atoms with Crippen molar-refractivity contribution in [2.45, 2.75) is 76.0 Å². The maximum absolute atomic E-state index is 12.5. The average Bonchev–Trinajstić information content (AvgIpc) is 3.14. The van der Waals surface area contributed by atoms with Crippen LogP contribution in [0.25, 0.3) is 0 Å². The molecule has 1 amide bonds. The Balaban J connectivity index is 1.23. The predicted octanol–water partition coefficient (Wildman–Crippen LogP) is 2.84. The van der Waals surface area contributed by atoms with Gasteiger partial charge in [0.15, 0.2) is 9.84 Å². The number of carbonyl (C=O) groups is 1. The zero-order valence-corrected chi connectivity index (χ0v) is 20.5. The molecule has 0 spiro atoms. The third kappa shape index (κ3) is 5.46. The summed E-state index contributed by atoms with van der Waals surface area (Å²) in [7, 11) is -2.96. The fourth-order valence-electron chi connectivity index (χ4n) is 7.16. The molecule has 4 fully saturated rings. The largest absolute Gasteiger partial charge is 0.352 e. The lowest BCUT2D eigenvalue weighted by Crippen LogP contribution is -2.64. The minimum Gasteiger partial charge on any atom is -0.352 e. The van der Waals surface area contributed by atoms with Crippen molar-refractivity contribution in [1.82, 2.24) is 15.1 Å². The molecule has 0 radical (unpaired) electrons. The van der Waals surface area contributed by atoms with E-state index < -0.39 is 9.84 Å². The normalized spacial score (nSPS) is 34.0. The van der Waals surface area contributed by atoms with Crippen molar-refractivity contribution < 1.29 is 13.2 Å². The van der Waals surface area contributed by atoms with E-state index in [2.05, 4.69) is 45.4 Å². The quantitative estimate of drug-likeness (QED) is 0.660. The summed E-state index contributed by atoms with van der Waals surface area (Å²) in [6.45, 7) is 4.69. The number of hydrogen-bond acceptors (Lipinski definition) is 5. The van der Waals surface area contributed by atoms with Crippen molar-refractivity contribution in [2.75, 3.05) is 31.1 Å². The molecule has 4 aliphatic heterocycles. The highest BCUT2D eigenvalue weighted by Gasteiger charge is 2.48. The van der Waals surface area contributed by atoms with Crippen molar-refractivity contribution in [1.29, 1.82) is 0 Å². The fourth-order valence-corrected chi connectivity index (χ4v) is 8.83. The highest BCUT2D eigenvalue weighted by atomic mass is 32.2. The molecule has 0 aliphatic carbocycles. The van der Waals surface area contributed by atoms with E-state index in [9.17, 15) is 13.2 Å². The van der Waals surface area contributed by atoms with Gasteiger partial charge in [0.25, 0.3) is 0 Å². The van der Waals surface area contributed by atoms with Crippen LogP contribution in [0, 0.1) is 11.8 Å². The standard InChI is InChI=1S/C26H39N3O3S/c30-25(27-22-13-16-33(31,32)19-22)12-4-11-24-23-10-6-15-28-14-5-9-21(26(23)28)18-29(24)17-20-7-2-1-3-8-20/h1-3,7-8,21-24,26H,4-6,9-19H2,(H,27,30)/t21-,22?,23+,24+,26-/m0/s1. The summed E-state index contributed by atoms with van der Waals surface area (Å²) in [4.78, 5) is 18.1. The van der Waals surface area contributed by atoms with E-state index in [0.717, 1.165) is 31.3 Å². The van der Waals surface area contributed by atoms with Gasteiger partial charge in [-0.2, -0.15) is 0 Å². The van der Waals surface area contributed by atoms with Gasteiger partial charge >= 0.3 is 0 Å². The number of carbonyl (C=O) groups excluding carboxylic acids is 1. The van der Waals surface area contributed by atoms with E-state index in [4.69, 9.17) is 0 Å². The summed E-state index contributed by atoms with van der Waals surface area (Å²) >= 11 is 0. The lowest BCUT2D eigenvalue weighted by Gasteiger charge is -2.57. The van der Waals surface area contributed by atoms with E-state index in [-0.39, 0.29) is 23.5 Å². The fraction of sp³-hybridized carbons (Fsp3) is 0.731. The summed E-state index contributed by atoms with van der Waals surface area (Å²) < 4.78 is 23.4. The monoisotopic (exact) mass is 473 g/mol. The molecule has 33 heavy (non-hydrogen) atoms. The number of benzene rings is 1. The molecular weight excluding hydrogens is 434 g/mol. The van der Waals surface area contributed by atoms with Crippen molar-refractivity contribution in [2.24, 2.45) is 11.8 Å². The summed E-state index contributed by atoms with van der Waals surface area (Å²) in [5.41, 5.74) is 1.38. The maximum atomic E-state index is 12.5. The Labute approximate surface area is 199 Å². The number of hydrogen-bond donors (Lipinski definition) is 1. The molecule has 1 aromatic rings. The number of sulfone groups is 1.